The largest absolute Gasteiger partial charge is 0.465 e. The lowest BCUT2D eigenvalue weighted by atomic mass is 10.0. The predicted molar refractivity (Wildman–Crippen MR) is 251 cm³/mol. The standard InChI is InChI=1S/C16H11BrN2O2.C16H11BrO4.C9H8O3.C8H7BrO2/c17-12-3-1-2-10(6-12)13-8-14(19-18-13)11-4-5-15-16(7-11)21-9-20-15;17-12-3-1-2-10(6-12)13(18)8-14(19)11-4-5-15-16(7-11)21-9-20-15;1-6(10)7-2-3-8-9(4-7)12-5-11-8;1-11-8(10)6-3-2-4-7(9)5-6/h1-8H,9H2,(H,18,19);1-7H,8-9H2;2-4H,5H2,1H3;2-5H,1H3. The molecule has 0 saturated carbocycles. The number of halogens is 3. The second-order valence-corrected chi connectivity index (χ2v) is 16.7. The normalized spacial score (nSPS) is 12.0. The first-order chi connectivity index (χ1) is 31.4. The number of hydrogen-bond donors (Lipinski definition) is 1. The topological polar surface area (TPSA) is 162 Å². The molecule has 0 aliphatic carbocycles. The van der Waals surface area contributed by atoms with Gasteiger partial charge in [0.1, 0.15) is 0 Å². The second-order valence-electron chi connectivity index (χ2n) is 14.0. The lowest BCUT2D eigenvalue weighted by Gasteiger charge is -2.03. The van der Waals surface area contributed by atoms with Crippen molar-refractivity contribution in [3.63, 3.8) is 0 Å². The summed E-state index contributed by atoms with van der Waals surface area (Å²) >= 11 is 10.0. The molecule has 16 heteroatoms. The molecule has 0 fully saturated rings. The summed E-state index contributed by atoms with van der Waals surface area (Å²) in [5, 5.41) is 7.45. The van der Waals surface area contributed by atoms with Crippen LogP contribution in [0.4, 0.5) is 0 Å². The minimum atomic E-state index is -0.314. The number of H-pyrrole nitrogens is 1. The third-order valence-corrected chi connectivity index (χ3v) is 11.0. The number of esters is 1. The number of methoxy groups -OCH3 is 1. The highest BCUT2D eigenvalue weighted by molar-refractivity contribution is 9.11. The summed E-state index contributed by atoms with van der Waals surface area (Å²) in [6, 6.07) is 40.1. The molecule has 0 spiro atoms. The number of carbonyl (C=O) groups excluding carboxylic acids is 4. The maximum atomic E-state index is 12.2. The van der Waals surface area contributed by atoms with Gasteiger partial charge in [0, 0.05) is 41.2 Å². The summed E-state index contributed by atoms with van der Waals surface area (Å²) in [4.78, 5) is 46.2. The van der Waals surface area contributed by atoms with E-state index in [1.807, 2.05) is 60.7 Å². The maximum Gasteiger partial charge on any atom is 0.337 e. The Morgan fingerprint density at radius 1 is 0.523 bits per heavy atom. The van der Waals surface area contributed by atoms with Gasteiger partial charge in [0.05, 0.1) is 30.5 Å². The van der Waals surface area contributed by atoms with E-state index in [0.29, 0.717) is 45.3 Å². The quantitative estimate of drug-likeness (QED) is 0.0872. The predicted octanol–water partition coefficient (Wildman–Crippen LogP) is 11.7. The van der Waals surface area contributed by atoms with Crippen LogP contribution in [0.25, 0.3) is 22.5 Å². The summed E-state index contributed by atoms with van der Waals surface area (Å²) < 4.78 is 38.6. The lowest BCUT2D eigenvalue weighted by molar-refractivity contribution is 0.0600. The van der Waals surface area contributed by atoms with E-state index in [-0.39, 0.29) is 50.1 Å². The van der Waals surface area contributed by atoms with Crippen LogP contribution in [0.1, 0.15) is 54.8 Å². The number of rotatable bonds is 8. The van der Waals surface area contributed by atoms with E-state index in [0.717, 1.165) is 47.4 Å². The fourth-order valence-electron chi connectivity index (χ4n) is 6.26. The minimum Gasteiger partial charge on any atom is -0.465 e. The third kappa shape index (κ3) is 12.3. The Morgan fingerprint density at radius 3 is 1.57 bits per heavy atom. The Morgan fingerprint density at radius 2 is 1.00 bits per heavy atom. The van der Waals surface area contributed by atoms with Crippen molar-refractivity contribution >= 4 is 71.1 Å². The number of nitrogens with one attached hydrogen (secondary N) is 1. The zero-order chi connectivity index (χ0) is 45.9. The zero-order valence-electron chi connectivity index (χ0n) is 34.6. The summed E-state index contributed by atoms with van der Waals surface area (Å²) in [6.45, 7) is 2.21. The van der Waals surface area contributed by atoms with Crippen molar-refractivity contribution in [3.05, 3.63) is 169 Å². The van der Waals surface area contributed by atoms with Crippen LogP contribution in [0, 0.1) is 0 Å². The van der Waals surface area contributed by atoms with E-state index in [9.17, 15) is 19.2 Å². The number of hydrogen-bond acceptors (Lipinski definition) is 12. The zero-order valence-corrected chi connectivity index (χ0v) is 39.4. The van der Waals surface area contributed by atoms with Gasteiger partial charge in [-0.2, -0.15) is 5.10 Å². The molecule has 6 aromatic carbocycles. The van der Waals surface area contributed by atoms with Gasteiger partial charge >= 0.3 is 5.97 Å². The summed E-state index contributed by atoms with van der Waals surface area (Å²) in [7, 11) is 1.36. The lowest BCUT2D eigenvalue weighted by Crippen LogP contribution is -2.08. The fraction of sp³-hybridized carbons (Fsp3) is 0.122. The molecule has 0 amide bonds. The Bertz CT molecular complexity index is 2880. The molecule has 4 heterocycles. The second kappa shape index (κ2) is 21.8. The van der Waals surface area contributed by atoms with Crippen molar-refractivity contribution < 1.29 is 52.3 Å². The van der Waals surface area contributed by atoms with Gasteiger partial charge in [-0.3, -0.25) is 19.5 Å². The number of ether oxygens (including phenoxy) is 7. The van der Waals surface area contributed by atoms with Crippen molar-refractivity contribution in [2.75, 3.05) is 27.5 Å². The number of benzene rings is 6. The SMILES string of the molecule is Brc1cccc(-c2cc(-c3ccc4c(c3)OCO4)[nH]n2)c1.CC(=O)c1ccc2c(c1)OCO2.COC(=O)c1cccc(Br)c1.O=C(CC(=O)c1ccc2c(c1)OCO2)c1cccc(Br)c1. The molecule has 0 radical (unpaired) electrons. The van der Waals surface area contributed by atoms with Crippen molar-refractivity contribution in [2.24, 2.45) is 0 Å². The van der Waals surface area contributed by atoms with Crippen molar-refractivity contribution in [3.8, 4) is 57.0 Å². The van der Waals surface area contributed by atoms with Gasteiger partial charge < -0.3 is 33.2 Å². The molecule has 1 N–H and O–H groups in total. The summed E-state index contributed by atoms with van der Waals surface area (Å²) in [6.07, 6.45) is -0.171. The Hall–Kier alpha value is -6.75. The number of carbonyl (C=O) groups is 4. The van der Waals surface area contributed by atoms with E-state index < -0.39 is 0 Å². The highest BCUT2D eigenvalue weighted by Crippen LogP contribution is 2.37. The first-order valence-corrected chi connectivity index (χ1v) is 22.0. The molecule has 0 unspecified atom stereocenters. The fourth-order valence-corrected chi connectivity index (χ4v) is 7.46. The van der Waals surface area contributed by atoms with Gasteiger partial charge in [-0.05, 0) is 110 Å². The first kappa shape index (κ1) is 46.2. The summed E-state index contributed by atoms with van der Waals surface area (Å²) in [5.41, 5.74) is 6.11. The molecular formula is C49H37Br3N2O11. The number of Topliss-reactive ketones (excluding diaryl/α,β-unsaturated/α-hetero) is 3. The van der Waals surface area contributed by atoms with Crippen molar-refractivity contribution in [1.82, 2.24) is 10.2 Å². The van der Waals surface area contributed by atoms with E-state index >= 15 is 0 Å². The van der Waals surface area contributed by atoms with Gasteiger partial charge in [-0.25, -0.2) is 4.79 Å². The smallest absolute Gasteiger partial charge is 0.337 e. The van der Waals surface area contributed by atoms with Gasteiger partial charge in [-0.1, -0.05) is 78.1 Å². The van der Waals surface area contributed by atoms with Gasteiger partial charge in [0.2, 0.25) is 20.4 Å². The van der Waals surface area contributed by atoms with Crippen LogP contribution in [0.5, 0.6) is 34.5 Å². The highest BCUT2D eigenvalue weighted by atomic mass is 79.9. The van der Waals surface area contributed by atoms with Crippen LogP contribution in [0.3, 0.4) is 0 Å². The van der Waals surface area contributed by atoms with Crippen LogP contribution < -0.4 is 28.4 Å². The molecule has 10 rings (SSSR count). The van der Waals surface area contributed by atoms with E-state index in [2.05, 4.69) is 62.7 Å². The monoisotopic (exact) mass is 1070 g/mol. The molecule has 0 saturated heterocycles. The Labute approximate surface area is 398 Å². The molecule has 330 valence electrons. The van der Waals surface area contributed by atoms with Gasteiger partial charge in [0.15, 0.2) is 51.8 Å². The average molecular weight is 1070 g/mol. The van der Waals surface area contributed by atoms with Gasteiger partial charge in [-0.15, -0.1) is 0 Å². The van der Waals surface area contributed by atoms with Crippen LogP contribution in [0.15, 0.2) is 147 Å². The molecule has 0 atom stereocenters. The average Bonchev–Trinajstić information content (AvgIpc) is 4.16. The number of fused-ring (bicyclic) bond motifs is 3. The van der Waals surface area contributed by atoms with E-state index in [1.165, 1.54) is 14.0 Å². The van der Waals surface area contributed by atoms with Crippen molar-refractivity contribution in [2.45, 2.75) is 13.3 Å². The van der Waals surface area contributed by atoms with Crippen LogP contribution >= 0.6 is 47.8 Å². The number of aromatic amines is 1. The highest BCUT2D eigenvalue weighted by Gasteiger charge is 2.20. The Kier molecular flexibility index (Phi) is 15.5. The molecule has 13 nitrogen and oxygen atoms in total. The van der Waals surface area contributed by atoms with Crippen LogP contribution in [-0.2, 0) is 4.74 Å². The first-order valence-electron chi connectivity index (χ1n) is 19.6. The summed E-state index contributed by atoms with van der Waals surface area (Å²) in [5.74, 6) is 3.34. The number of nitrogens with zero attached hydrogens (tertiary/aromatic N) is 1. The maximum absolute atomic E-state index is 12.2. The molecular weight excluding hydrogens is 1030 g/mol. The number of ketones is 3. The Balaban J connectivity index is 0.000000135. The minimum absolute atomic E-state index is 0.0355. The van der Waals surface area contributed by atoms with E-state index in [1.54, 1.807) is 72.8 Å². The van der Waals surface area contributed by atoms with Gasteiger partial charge in [0.25, 0.3) is 0 Å². The van der Waals surface area contributed by atoms with Crippen molar-refractivity contribution in [1.29, 1.82) is 0 Å². The van der Waals surface area contributed by atoms with Crippen LogP contribution in [0.2, 0.25) is 0 Å². The third-order valence-electron chi connectivity index (χ3n) is 9.57. The molecule has 7 aromatic rings. The molecule has 0 bridgehead atoms. The van der Waals surface area contributed by atoms with E-state index in [4.69, 9.17) is 28.4 Å². The number of aromatic nitrogens is 2. The van der Waals surface area contributed by atoms with Crippen LogP contribution in [-0.4, -0.2) is 61.0 Å². The molecule has 3 aliphatic rings. The molecule has 3 aliphatic heterocycles. The molecule has 1 aromatic heterocycles. The molecule has 65 heavy (non-hydrogen) atoms.